The standard InChI is InChI=1S/C9H13NO3/c1-6(12)10-8-2-3-9(13)7(4-8)5-11/h2-3,7,11,13H,4-5H2,1H3,(H,10,12). The van der Waals surface area contributed by atoms with Crippen molar-refractivity contribution in [3.8, 4) is 0 Å². The third-order valence-corrected chi connectivity index (χ3v) is 1.90. The number of carbonyl (C=O) groups is 1. The number of carbonyl (C=O) groups excluding carboxylic acids is 1. The van der Waals surface area contributed by atoms with E-state index in [1.165, 1.54) is 13.0 Å². The molecule has 0 aromatic heterocycles. The highest BCUT2D eigenvalue weighted by Crippen LogP contribution is 2.21. The maximum absolute atomic E-state index is 10.7. The van der Waals surface area contributed by atoms with Gasteiger partial charge in [0.1, 0.15) is 0 Å². The Bertz CT molecular complexity index is 268. The maximum Gasteiger partial charge on any atom is 0.220 e. The second kappa shape index (κ2) is 4.09. The Morgan fingerprint density at radius 1 is 1.69 bits per heavy atom. The number of allylic oxidation sites excluding steroid dienone is 3. The SMILES string of the molecule is CC(=O)NC1=CC=C(O)C(CO)C1. The summed E-state index contributed by atoms with van der Waals surface area (Å²) in [4.78, 5) is 10.7. The summed E-state index contributed by atoms with van der Waals surface area (Å²) in [6, 6.07) is 0. The summed E-state index contributed by atoms with van der Waals surface area (Å²) < 4.78 is 0. The van der Waals surface area contributed by atoms with Gasteiger partial charge < -0.3 is 15.5 Å². The summed E-state index contributed by atoms with van der Waals surface area (Å²) in [5, 5.41) is 20.8. The van der Waals surface area contributed by atoms with E-state index in [9.17, 15) is 9.90 Å². The van der Waals surface area contributed by atoms with Gasteiger partial charge in [-0.3, -0.25) is 4.79 Å². The van der Waals surface area contributed by atoms with Crippen LogP contribution in [0.15, 0.2) is 23.6 Å². The number of amides is 1. The minimum absolute atomic E-state index is 0.112. The second-order valence-corrected chi connectivity index (χ2v) is 3.05. The summed E-state index contributed by atoms with van der Waals surface area (Å²) >= 11 is 0. The predicted octanol–water partition coefficient (Wildman–Crippen LogP) is 0.461. The van der Waals surface area contributed by atoms with E-state index in [2.05, 4.69) is 5.32 Å². The highest BCUT2D eigenvalue weighted by atomic mass is 16.3. The Kier molecular flexibility index (Phi) is 3.08. The average molecular weight is 183 g/mol. The fourth-order valence-corrected chi connectivity index (χ4v) is 1.24. The average Bonchev–Trinajstić information content (AvgIpc) is 2.07. The molecular formula is C9H13NO3. The van der Waals surface area contributed by atoms with Gasteiger partial charge in [-0.25, -0.2) is 0 Å². The van der Waals surface area contributed by atoms with E-state index < -0.39 is 0 Å². The zero-order valence-corrected chi connectivity index (χ0v) is 7.45. The summed E-state index contributed by atoms with van der Waals surface area (Å²) in [6.07, 6.45) is 3.61. The highest BCUT2D eigenvalue weighted by molar-refractivity contribution is 5.75. The quantitative estimate of drug-likeness (QED) is 0.582. The topological polar surface area (TPSA) is 69.6 Å². The minimum Gasteiger partial charge on any atom is -0.512 e. The molecule has 1 unspecified atom stereocenters. The first kappa shape index (κ1) is 9.80. The van der Waals surface area contributed by atoms with Crippen LogP contribution in [0.2, 0.25) is 0 Å². The van der Waals surface area contributed by atoms with Gasteiger partial charge in [-0.1, -0.05) is 0 Å². The molecule has 1 rings (SSSR count). The molecule has 0 spiro atoms. The first-order chi connectivity index (χ1) is 6.13. The van der Waals surface area contributed by atoms with Crippen LogP contribution in [-0.2, 0) is 4.79 Å². The van der Waals surface area contributed by atoms with Gasteiger partial charge in [0.15, 0.2) is 0 Å². The van der Waals surface area contributed by atoms with E-state index in [0.717, 1.165) is 5.70 Å². The van der Waals surface area contributed by atoms with E-state index in [1.807, 2.05) is 0 Å². The minimum atomic E-state index is -0.285. The molecule has 4 heteroatoms. The number of aliphatic hydroxyl groups excluding tert-OH is 2. The molecule has 0 heterocycles. The summed E-state index contributed by atoms with van der Waals surface area (Å²) in [6.45, 7) is 1.31. The number of rotatable bonds is 2. The lowest BCUT2D eigenvalue weighted by molar-refractivity contribution is -0.118. The van der Waals surface area contributed by atoms with Crippen molar-refractivity contribution >= 4 is 5.91 Å². The van der Waals surface area contributed by atoms with Crippen LogP contribution in [0.4, 0.5) is 0 Å². The summed E-state index contributed by atoms with van der Waals surface area (Å²) in [7, 11) is 0. The molecule has 1 aliphatic rings. The van der Waals surface area contributed by atoms with Gasteiger partial charge in [-0.15, -0.1) is 0 Å². The van der Waals surface area contributed by atoms with E-state index in [1.54, 1.807) is 6.08 Å². The molecule has 0 bridgehead atoms. The molecule has 0 aromatic carbocycles. The van der Waals surface area contributed by atoms with Gasteiger partial charge >= 0.3 is 0 Å². The fraction of sp³-hybridized carbons (Fsp3) is 0.444. The molecule has 1 atom stereocenters. The molecule has 0 radical (unpaired) electrons. The lowest BCUT2D eigenvalue weighted by Gasteiger charge is -2.19. The molecule has 1 amide bonds. The van der Waals surface area contributed by atoms with E-state index in [-0.39, 0.29) is 24.2 Å². The molecule has 0 aromatic rings. The molecule has 0 fully saturated rings. The Hall–Kier alpha value is -1.29. The number of hydrogen-bond donors (Lipinski definition) is 3. The van der Waals surface area contributed by atoms with Gasteiger partial charge in [0.2, 0.25) is 5.91 Å². The highest BCUT2D eigenvalue weighted by Gasteiger charge is 2.18. The predicted molar refractivity (Wildman–Crippen MR) is 47.8 cm³/mol. The molecule has 4 nitrogen and oxygen atoms in total. The van der Waals surface area contributed by atoms with Crippen molar-refractivity contribution in [3.63, 3.8) is 0 Å². The smallest absolute Gasteiger partial charge is 0.220 e. The largest absolute Gasteiger partial charge is 0.512 e. The fourth-order valence-electron chi connectivity index (χ4n) is 1.24. The van der Waals surface area contributed by atoms with Gasteiger partial charge in [0.05, 0.1) is 12.4 Å². The molecule has 0 saturated carbocycles. The lowest BCUT2D eigenvalue weighted by Crippen LogP contribution is -2.24. The Labute approximate surface area is 76.6 Å². The molecule has 1 aliphatic carbocycles. The number of nitrogens with one attached hydrogen (secondary N) is 1. The Balaban J connectivity index is 2.65. The van der Waals surface area contributed by atoms with Gasteiger partial charge in [0.25, 0.3) is 0 Å². The van der Waals surface area contributed by atoms with Crippen molar-refractivity contribution in [1.29, 1.82) is 0 Å². The van der Waals surface area contributed by atoms with E-state index >= 15 is 0 Å². The monoisotopic (exact) mass is 183 g/mol. The lowest BCUT2D eigenvalue weighted by atomic mass is 9.97. The van der Waals surface area contributed by atoms with Crippen LogP contribution >= 0.6 is 0 Å². The Morgan fingerprint density at radius 3 is 2.92 bits per heavy atom. The van der Waals surface area contributed by atoms with Crippen molar-refractivity contribution in [3.05, 3.63) is 23.6 Å². The van der Waals surface area contributed by atoms with Gasteiger partial charge in [-0.2, -0.15) is 0 Å². The first-order valence-electron chi connectivity index (χ1n) is 4.11. The van der Waals surface area contributed by atoms with Crippen molar-refractivity contribution < 1.29 is 15.0 Å². The second-order valence-electron chi connectivity index (χ2n) is 3.05. The van der Waals surface area contributed by atoms with Crippen molar-refractivity contribution in [2.75, 3.05) is 6.61 Å². The van der Waals surface area contributed by atoms with E-state index in [4.69, 9.17) is 5.11 Å². The Morgan fingerprint density at radius 2 is 2.38 bits per heavy atom. The van der Waals surface area contributed by atoms with Gasteiger partial charge in [0, 0.05) is 18.5 Å². The molecule has 13 heavy (non-hydrogen) atoms. The van der Waals surface area contributed by atoms with Crippen molar-refractivity contribution in [1.82, 2.24) is 5.32 Å². The zero-order valence-electron chi connectivity index (χ0n) is 7.45. The van der Waals surface area contributed by atoms with Crippen LogP contribution in [0.3, 0.4) is 0 Å². The molecule has 0 aliphatic heterocycles. The van der Waals surface area contributed by atoms with Crippen LogP contribution in [0, 0.1) is 5.92 Å². The normalized spacial score (nSPS) is 21.8. The van der Waals surface area contributed by atoms with Crippen LogP contribution in [0.1, 0.15) is 13.3 Å². The van der Waals surface area contributed by atoms with Crippen LogP contribution in [0.25, 0.3) is 0 Å². The number of hydrogen-bond acceptors (Lipinski definition) is 3. The zero-order chi connectivity index (χ0) is 9.84. The number of aliphatic hydroxyl groups is 2. The van der Waals surface area contributed by atoms with E-state index in [0.29, 0.717) is 6.42 Å². The molecular weight excluding hydrogens is 170 g/mol. The maximum atomic E-state index is 10.7. The summed E-state index contributed by atoms with van der Waals surface area (Å²) in [5.74, 6) is -0.263. The third kappa shape index (κ3) is 2.59. The summed E-state index contributed by atoms with van der Waals surface area (Å²) in [5.41, 5.74) is 0.726. The molecule has 0 saturated heterocycles. The van der Waals surface area contributed by atoms with Crippen molar-refractivity contribution in [2.24, 2.45) is 5.92 Å². The molecule has 72 valence electrons. The third-order valence-electron chi connectivity index (χ3n) is 1.90. The van der Waals surface area contributed by atoms with Crippen LogP contribution < -0.4 is 5.32 Å². The first-order valence-corrected chi connectivity index (χ1v) is 4.11. The van der Waals surface area contributed by atoms with Crippen LogP contribution in [-0.4, -0.2) is 22.7 Å². The molecule has 3 N–H and O–H groups in total. The van der Waals surface area contributed by atoms with Crippen molar-refractivity contribution in [2.45, 2.75) is 13.3 Å². The van der Waals surface area contributed by atoms with Gasteiger partial charge in [-0.05, 0) is 18.6 Å². The van der Waals surface area contributed by atoms with Crippen LogP contribution in [0.5, 0.6) is 0 Å².